The predicted molar refractivity (Wildman–Crippen MR) is 134 cm³/mol. The van der Waals surface area contributed by atoms with E-state index < -0.39 is 22.8 Å². The Balaban J connectivity index is 1.72. The smallest absolute Gasteiger partial charge is 0.273 e. The lowest BCUT2D eigenvalue weighted by atomic mass is 10.1. The van der Waals surface area contributed by atoms with E-state index in [1.54, 1.807) is 39.0 Å². The molecule has 11 heteroatoms. The van der Waals surface area contributed by atoms with Crippen LogP contribution in [0.25, 0.3) is 17.1 Å². The van der Waals surface area contributed by atoms with Gasteiger partial charge in [0.15, 0.2) is 5.82 Å². The van der Waals surface area contributed by atoms with E-state index in [0.717, 1.165) is 12.1 Å². The zero-order valence-corrected chi connectivity index (χ0v) is 21.7. The molecule has 0 spiro atoms. The number of benzene rings is 1. The third-order valence-electron chi connectivity index (χ3n) is 5.24. The molecule has 1 aromatic carbocycles. The molecule has 0 aliphatic carbocycles. The maximum Gasteiger partial charge on any atom is 0.273 e. The Bertz CT molecular complexity index is 1520. The molecule has 1 N–H and O–H groups in total. The van der Waals surface area contributed by atoms with E-state index in [9.17, 15) is 18.7 Å². The zero-order valence-electron chi connectivity index (χ0n) is 19.4. The lowest BCUT2D eigenvalue weighted by Crippen LogP contribution is -2.22. The second kappa shape index (κ2) is 10.0. The summed E-state index contributed by atoms with van der Waals surface area (Å²) in [5.41, 5.74) is 0.103. The van der Waals surface area contributed by atoms with Gasteiger partial charge in [-0.1, -0.05) is 11.6 Å². The third kappa shape index (κ3) is 5.30. The normalized spacial score (nSPS) is 11.6. The number of aliphatic hydroxyl groups is 1. The van der Waals surface area contributed by atoms with Crippen molar-refractivity contribution in [2.24, 2.45) is 0 Å². The van der Waals surface area contributed by atoms with Crippen molar-refractivity contribution < 1.29 is 18.6 Å². The highest BCUT2D eigenvalue weighted by Crippen LogP contribution is 2.29. The SMILES string of the molecule is Cc1cc(OCc2ccc(F)cc2F)c(Br)c(=O)n1-c1cc(-c2ccnc(C(C)(C)O)n2)ncc1Cl. The quantitative estimate of drug-likeness (QED) is 0.326. The van der Waals surface area contributed by atoms with Gasteiger partial charge in [0, 0.05) is 35.8 Å². The number of nitrogens with zero attached hydrogens (tertiary/aromatic N) is 4. The second-order valence-corrected chi connectivity index (χ2v) is 9.67. The Labute approximate surface area is 218 Å². The van der Waals surface area contributed by atoms with Crippen molar-refractivity contribution in [3.05, 3.63) is 97.4 Å². The number of hydrogen-bond acceptors (Lipinski definition) is 6. The molecule has 4 aromatic rings. The van der Waals surface area contributed by atoms with Crippen molar-refractivity contribution >= 4 is 27.5 Å². The molecule has 36 heavy (non-hydrogen) atoms. The Hall–Kier alpha value is -3.21. The van der Waals surface area contributed by atoms with Crippen LogP contribution >= 0.6 is 27.5 Å². The molecule has 186 valence electrons. The van der Waals surface area contributed by atoms with Crippen LogP contribution in [0.1, 0.15) is 30.9 Å². The van der Waals surface area contributed by atoms with Crippen molar-refractivity contribution in [2.45, 2.75) is 33.0 Å². The minimum atomic E-state index is -1.25. The van der Waals surface area contributed by atoms with Crippen LogP contribution in [0.3, 0.4) is 0 Å². The molecule has 3 heterocycles. The topological polar surface area (TPSA) is 90.1 Å². The summed E-state index contributed by atoms with van der Waals surface area (Å²) < 4.78 is 34.3. The Kier molecular flexibility index (Phi) is 7.21. The molecule has 0 saturated carbocycles. The first-order valence-electron chi connectivity index (χ1n) is 10.7. The fraction of sp³-hybridized carbons (Fsp3) is 0.200. The zero-order chi connectivity index (χ0) is 26.2. The fourth-order valence-corrected chi connectivity index (χ4v) is 4.01. The van der Waals surface area contributed by atoms with Crippen LogP contribution in [0.5, 0.6) is 5.75 Å². The van der Waals surface area contributed by atoms with Crippen molar-refractivity contribution in [1.29, 1.82) is 0 Å². The highest BCUT2D eigenvalue weighted by Gasteiger charge is 2.21. The van der Waals surface area contributed by atoms with E-state index >= 15 is 0 Å². The molecular weight excluding hydrogens is 558 g/mol. The molecular formula is C25H20BrClF2N4O3. The standard InChI is InChI=1S/C25H20BrClF2N4O3/c1-13-8-21(36-12-14-4-5-15(28)9-17(14)29)22(26)23(34)33(13)20-10-19(31-11-16(20)27)18-6-7-30-24(32-18)25(2,3)35/h4-11,35H,12H2,1-3H3. The summed E-state index contributed by atoms with van der Waals surface area (Å²) in [5, 5.41) is 10.5. The number of rotatable bonds is 6. The minimum Gasteiger partial charge on any atom is -0.487 e. The molecule has 0 radical (unpaired) electrons. The molecule has 4 rings (SSSR count). The van der Waals surface area contributed by atoms with E-state index in [0.29, 0.717) is 22.8 Å². The van der Waals surface area contributed by atoms with E-state index in [2.05, 4.69) is 30.9 Å². The first-order valence-corrected chi connectivity index (χ1v) is 11.8. The molecule has 0 aliphatic rings. The summed E-state index contributed by atoms with van der Waals surface area (Å²) in [6.07, 6.45) is 2.91. The van der Waals surface area contributed by atoms with Crippen LogP contribution < -0.4 is 10.3 Å². The molecule has 7 nitrogen and oxygen atoms in total. The van der Waals surface area contributed by atoms with Gasteiger partial charge in [-0.25, -0.2) is 18.7 Å². The monoisotopic (exact) mass is 576 g/mol. The molecule has 0 aliphatic heterocycles. The summed E-state index contributed by atoms with van der Waals surface area (Å²) in [7, 11) is 0. The van der Waals surface area contributed by atoms with Crippen LogP contribution in [0.15, 0.2) is 58.1 Å². The van der Waals surface area contributed by atoms with E-state index in [-0.39, 0.29) is 33.2 Å². The lowest BCUT2D eigenvalue weighted by Gasteiger charge is -2.17. The van der Waals surface area contributed by atoms with Crippen molar-refractivity contribution in [1.82, 2.24) is 19.5 Å². The molecule has 0 unspecified atom stereocenters. The van der Waals surface area contributed by atoms with Crippen molar-refractivity contribution in [3.8, 4) is 22.8 Å². The van der Waals surface area contributed by atoms with E-state index in [4.69, 9.17) is 16.3 Å². The number of halogens is 4. The van der Waals surface area contributed by atoms with Gasteiger partial charge in [-0.2, -0.15) is 0 Å². The summed E-state index contributed by atoms with van der Waals surface area (Å²) in [6, 6.07) is 8.01. The summed E-state index contributed by atoms with van der Waals surface area (Å²) >= 11 is 9.68. The van der Waals surface area contributed by atoms with Crippen LogP contribution in [-0.4, -0.2) is 24.6 Å². The first-order chi connectivity index (χ1) is 17.0. The van der Waals surface area contributed by atoms with Gasteiger partial charge in [-0.3, -0.25) is 14.3 Å². The minimum absolute atomic E-state index is 0.0939. The second-order valence-electron chi connectivity index (χ2n) is 8.47. The van der Waals surface area contributed by atoms with Crippen LogP contribution in [0.4, 0.5) is 8.78 Å². The van der Waals surface area contributed by atoms with Gasteiger partial charge in [0.05, 0.1) is 22.1 Å². The highest BCUT2D eigenvalue weighted by atomic mass is 79.9. The summed E-state index contributed by atoms with van der Waals surface area (Å²) in [5.74, 6) is -1.03. The van der Waals surface area contributed by atoms with E-state index in [1.807, 2.05) is 0 Å². The maximum atomic E-state index is 14.0. The number of aromatic nitrogens is 4. The highest BCUT2D eigenvalue weighted by molar-refractivity contribution is 9.10. The Morgan fingerprint density at radius 1 is 1.14 bits per heavy atom. The Morgan fingerprint density at radius 3 is 2.58 bits per heavy atom. The van der Waals surface area contributed by atoms with E-state index in [1.165, 1.54) is 23.0 Å². The van der Waals surface area contributed by atoms with Crippen molar-refractivity contribution in [2.75, 3.05) is 0 Å². The van der Waals surface area contributed by atoms with Gasteiger partial charge in [0.1, 0.15) is 34.1 Å². The molecule has 0 saturated heterocycles. The number of hydrogen-bond donors (Lipinski definition) is 1. The van der Waals surface area contributed by atoms with Gasteiger partial charge in [-0.05, 0) is 61.0 Å². The maximum absolute atomic E-state index is 14.0. The largest absolute Gasteiger partial charge is 0.487 e. The molecule has 3 aromatic heterocycles. The van der Waals surface area contributed by atoms with Gasteiger partial charge in [0.25, 0.3) is 5.56 Å². The summed E-state index contributed by atoms with van der Waals surface area (Å²) in [4.78, 5) is 26.1. The lowest BCUT2D eigenvalue weighted by molar-refractivity contribution is 0.0688. The third-order valence-corrected chi connectivity index (χ3v) is 6.26. The number of pyridine rings is 2. The molecule has 0 fully saturated rings. The average Bonchev–Trinajstić information content (AvgIpc) is 2.82. The van der Waals surface area contributed by atoms with Crippen LogP contribution in [0, 0.1) is 18.6 Å². The molecule has 0 atom stereocenters. The van der Waals surface area contributed by atoms with Gasteiger partial charge < -0.3 is 9.84 Å². The number of ether oxygens (including phenoxy) is 1. The summed E-state index contributed by atoms with van der Waals surface area (Å²) in [6.45, 7) is 4.63. The fourth-order valence-electron chi connectivity index (χ4n) is 3.42. The molecule has 0 amide bonds. The van der Waals surface area contributed by atoms with Crippen LogP contribution in [0.2, 0.25) is 5.02 Å². The predicted octanol–water partition coefficient (Wildman–Crippen LogP) is 5.50. The van der Waals surface area contributed by atoms with Crippen molar-refractivity contribution in [3.63, 3.8) is 0 Å². The van der Waals surface area contributed by atoms with Gasteiger partial charge in [0.2, 0.25) is 0 Å². The first kappa shape index (κ1) is 25.9. The average molecular weight is 578 g/mol. The number of aryl methyl sites for hydroxylation is 1. The van der Waals surface area contributed by atoms with Gasteiger partial charge in [-0.15, -0.1) is 0 Å². The molecule has 0 bridgehead atoms. The van der Waals surface area contributed by atoms with Gasteiger partial charge >= 0.3 is 0 Å². The van der Waals surface area contributed by atoms with Crippen LogP contribution in [-0.2, 0) is 12.2 Å². The Morgan fingerprint density at radius 2 is 1.89 bits per heavy atom.